The number of nitrogens with zero attached hydrogens (tertiary/aromatic N) is 1. The normalized spacial score (nSPS) is 10.5. The Kier molecular flexibility index (Phi) is 3.13. The molecule has 1 aromatic carbocycles. The summed E-state index contributed by atoms with van der Waals surface area (Å²) in [5.41, 5.74) is 3.34. The van der Waals surface area contributed by atoms with Gasteiger partial charge >= 0.3 is 0 Å². The minimum atomic E-state index is 0.868. The molecule has 0 aliphatic carbocycles. The van der Waals surface area contributed by atoms with Crippen molar-refractivity contribution in [2.24, 2.45) is 0 Å². The Bertz CT molecular complexity index is 626. The average Bonchev–Trinajstić information content (AvgIpc) is 3.09. The van der Waals surface area contributed by atoms with Crippen molar-refractivity contribution in [2.45, 2.75) is 0 Å². The molecule has 0 amide bonds. The first-order valence-electron chi connectivity index (χ1n) is 5.49. The Labute approximate surface area is 114 Å². The van der Waals surface area contributed by atoms with Gasteiger partial charge in [-0.1, -0.05) is 0 Å². The molecule has 0 saturated carbocycles. The van der Waals surface area contributed by atoms with Gasteiger partial charge in [0.2, 0.25) is 0 Å². The molecule has 2 nitrogen and oxygen atoms in total. The first-order chi connectivity index (χ1) is 8.86. The summed E-state index contributed by atoms with van der Waals surface area (Å²) in [5, 5.41) is 7.36. The van der Waals surface area contributed by atoms with Crippen LogP contribution in [0, 0.1) is 0 Å². The topological polar surface area (TPSA) is 22.1 Å². The maximum absolute atomic E-state index is 5.15. The van der Waals surface area contributed by atoms with Crippen LogP contribution >= 0.6 is 22.7 Å². The van der Waals surface area contributed by atoms with Crippen molar-refractivity contribution in [1.29, 1.82) is 0 Å². The molecule has 0 aliphatic heterocycles. The average molecular weight is 273 g/mol. The van der Waals surface area contributed by atoms with Gasteiger partial charge in [0.05, 0.1) is 12.8 Å². The molecule has 18 heavy (non-hydrogen) atoms. The highest BCUT2D eigenvalue weighted by Crippen LogP contribution is 2.30. The number of rotatable bonds is 3. The van der Waals surface area contributed by atoms with Crippen molar-refractivity contribution in [3.63, 3.8) is 0 Å². The number of aromatic nitrogens is 1. The first-order valence-corrected chi connectivity index (χ1v) is 7.31. The standard InChI is InChI=1S/C14H11NOS2/c1-16-12-4-2-10(3-5-12)13-9-18-14(15-13)11-6-7-17-8-11/h2-9H,1H3. The highest BCUT2D eigenvalue weighted by molar-refractivity contribution is 7.14. The van der Waals surface area contributed by atoms with Gasteiger partial charge in [0.15, 0.2) is 0 Å². The third-order valence-electron chi connectivity index (χ3n) is 2.66. The molecule has 3 aromatic rings. The Morgan fingerprint density at radius 3 is 2.50 bits per heavy atom. The smallest absolute Gasteiger partial charge is 0.124 e. The highest BCUT2D eigenvalue weighted by atomic mass is 32.1. The lowest BCUT2D eigenvalue weighted by molar-refractivity contribution is 0.415. The number of hydrogen-bond donors (Lipinski definition) is 0. The second kappa shape index (κ2) is 4.92. The Balaban J connectivity index is 1.92. The van der Waals surface area contributed by atoms with Crippen LogP contribution in [-0.4, -0.2) is 12.1 Å². The zero-order valence-electron chi connectivity index (χ0n) is 9.79. The zero-order valence-corrected chi connectivity index (χ0v) is 11.4. The lowest BCUT2D eigenvalue weighted by Crippen LogP contribution is -1.82. The van der Waals surface area contributed by atoms with E-state index in [1.54, 1.807) is 29.8 Å². The number of methoxy groups -OCH3 is 1. The molecule has 0 unspecified atom stereocenters. The number of thiazole rings is 1. The van der Waals surface area contributed by atoms with Gasteiger partial charge < -0.3 is 4.74 Å². The summed E-state index contributed by atoms with van der Waals surface area (Å²) in [5.74, 6) is 0.868. The lowest BCUT2D eigenvalue weighted by atomic mass is 10.2. The minimum absolute atomic E-state index is 0.868. The van der Waals surface area contributed by atoms with E-state index in [0.29, 0.717) is 0 Å². The van der Waals surface area contributed by atoms with Crippen LogP contribution in [0.15, 0.2) is 46.5 Å². The van der Waals surface area contributed by atoms with Crippen LogP contribution in [0.25, 0.3) is 21.8 Å². The van der Waals surface area contributed by atoms with Gasteiger partial charge in [-0.25, -0.2) is 4.98 Å². The molecule has 4 heteroatoms. The van der Waals surface area contributed by atoms with E-state index in [2.05, 4.69) is 27.2 Å². The summed E-state index contributed by atoms with van der Waals surface area (Å²) in [7, 11) is 1.67. The fraction of sp³-hybridized carbons (Fsp3) is 0.0714. The van der Waals surface area contributed by atoms with E-state index in [1.807, 2.05) is 24.3 Å². The lowest BCUT2D eigenvalue weighted by Gasteiger charge is -2.00. The van der Waals surface area contributed by atoms with Crippen molar-refractivity contribution in [2.75, 3.05) is 7.11 Å². The fourth-order valence-electron chi connectivity index (χ4n) is 1.69. The van der Waals surface area contributed by atoms with Crippen LogP contribution in [0.1, 0.15) is 0 Å². The molecule has 0 bridgehead atoms. The summed E-state index contributed by atoms with van der Waals surface area (Å²) in [6.07, 6.45) is 0. The second-order valence-electron chi connectivity index (χ2n) is 3.78. The molecule has 2 heterocycles. The van der Waals surface area contributed by atoms with E-state index in [9.17, 15) is 0 Å². The molecule has 0 spiro atoms. The van der Waals surface area contributed by atoms with E-state index >= 15 is 0 Å². The molecule has 0 fully saturated rings. The van der Waals surface area contributed by atoms with Crippen molar-refractivity contribution in [1.82, 2.24) is 4.98 Å². The third kappa shape index (κ3) is 2.17. The van der Waals surface area contributed by atoms with Crippen molar-refractivity contribution in [3.8, 4) is 27.6 Å². The molecule has 2 aromatic heterocycles. The maximum atomic E-state index is 5.15. The van der Waals surface area contributed by atoms with Gasteiger partial charge in [-0.15, -0.1) is 11.3 Å². The second-order valence-corrected chi connectivity index (χ2v) is 5.42. The van der Waals surface area contributed by atoms with Crippen molar-refractivity contribution >= 4 is 22.7 Å². The van der Waals surface area contributed by atoms with Gasteiger partial charge in [0, 0.05) is 21.9 Å². The van der Waals surface area contributed by atoms with Crippen molar-refractivity contribution in [3.05, 3.63) is 46.5 Å². The van der Waals surface area contributed by atoms with E-state index in [-0.39, 0.29) is 0 Å². The number of ether oxygens (including phenoxy) is 1. The molecule has 0 N–H and O–H groups in total. The van der Waals surface area contributed by atoms with Crippen LogP contribution in [0.5, 0.6) is 5.75 Å². The summed E-state index contributed by atoms with van der Waals surface area (Å²) in [4.78, 5) is 4.66. The quantitative estimate of drug-likeness (QED) is 0.698. The number of thiophene rings is 1. The Morgan fingerprint density at radius 1 is 1.00 bits per heavy atom. The fourth-order valence-corrected chi connectivity index (χ4v) is 3.23. The maximum Gasteiger partial charge on any atom is 0.124 e. The molecule has 3 rings (SSSR count). The summed E-state index contributed by atoms with van der Waals surface area (Å²) >= 11 is 3.37. The number of hydrogen-bond acceptors (Lipinski definition) is 4. The van der Waals surface area contributed by atoms with Crippen LogP contribution in [-0.2, 0) is 0 Å². The highest BCUT2D eigenvalue weighted by Gasteiger charge is 2.06. The Morgan fingerprint density at radius 2 is 1.83 bits per heavy atom. The molecule has 0 atom stereocenters. The molecule has 0 saturated heterocycles. The van der Waals surface area contributed by atoms with Crippen LogP contribution in [0.3, 0.4) is 0 Å². The molecular formula is C14H11NOS2. The molecule has 0 aliphatic rings. The minimum Gasteiger partial charge on any atom is -0.497 e. The van der Waals surface area contributed by atoms with Gasteiger partial charge in [0.25, 0.3) is 0 Å². The largest absolute Gasteiger partial charge is 0.497 e. The molecular weight excluding hydrogens is 262 g/mol. The van der Waals surface area contributed by atoms with Gasteiger partial charge in [-0.3, -0.25) is 0 Å². The summed E-state index contributed by atoms with van der Waals surface area (Å²) in [6, 6.07) is 10.1. The summed E-state index contributed by atoms with van der Waals surface area (Å²) < 4.78 is 5.15. The van der Waals surface area contributed by atoms with Gasteiger partial charge in [0.1, 0.15) is 10.8 Å². The van der Waals surface area contributed by atoms with E-state index < -0.39 is 0 Å². The van der Waals surface area contributed by atoms with Crippen LogP contribution in [0.4, 0.5) is 0 Å². The van der Waals surface area contributed by atoms with Crippen LogP contribution in [0.2, 0.25) is 0 Å². The SMILES string of the molecule is COc1ccc(-c2csc(-c3ccsc3)n2)cc1. The van der Waals surface area contributed by atoms with Crippen LogP contribution < -0.4 is 4.74 Å². The van der Waals surface area contributed by atoms with Gasteiger partial charge in [-0.2, -0.15) is 11.3 Å². The zero-order chi connectivity index (χ0) is 12.4. The van der Waals surface area contributed by atoms with E-state index in [4.69, 9.17) is 4.74 Å². The van der Waals surface area contributed by atoms with Crippen molar-refractivity contribution < 1.29 is 4.74 Å². The van der Waals surface area contributed by atoms with E-state index in [0.717, 1.165) is 22.0 Å². The van der Waals surface area contributed by atoms with Gasteiger partial charge in [-0.05, 0) is 35.7 Å². The molecule has 0 radical (unpaired) electrons. The third-order valence-corrected chi connectivity index (χ3v) is 4.23. The monoisotopic (exact) mass is 273 g/mol. The predicted octanol–water partition coefficient (Wildman–Crippen LogP) is 4.55. The first kappa shape index (κ1) is 11.4. The number of benzene rings is 1. The molecule has 90 valence electrons. The Hall–Kier alpha value is -1.65. The predicted molar refractivity (Wildman–Crippen MR) is 77.4 cm³/mol. The summed E-state index contributed by atoms with van der Waals surface area (Å²) in [6.45, 7) is 0. The van der Waals surface area contributed by atoms with E-state index in [1.165, 1.54) is 5.56 Å².